The van der Waals surface area contributed by atoms with Crippen LogP contribution in [-0.4, -0.2) is 23.7 Å². The fraction of sp³-hybridized carbons (Fsp3) is 0.857. The number of nitrogens with two attached hydrogens (primary N) is 1. The van der Waals surface area contributed by atoms with Gasteiger partial charge in [0.2, 0.25) is 0 Å². The first-order valence-corrected chi connectivity index (χ1v) is 3.88. The van der Waals surface area contributed by atoms with E-state index in [2.05, 4.69) is 5.10 Å². The molecule has 4 heteroatoms. The summed E-state index contributed by atoms with van der Waals surface area (Å²) in [6.45, 7) is 0. The Kier molecular flexibility index (Phi) is 3.16. The van der Waals surface area contributed by atoms with Crippen molar-refractivity contribution in [3.05, 3.63) is 0 Å². The van der Waals surface area contributed by atoms with Gasteiger partial charge in [-0.15, -0.1) is 0 Å². The third-order valence-electron chi connectivity index (χ3n) is 1.96. The lowest BCUT2D eigenvalue weighted by Crippen LogP contribution is -2.23. The molecule has 4 nitrogen and oxygen atoms in total. The van der Waals surface area contributed by atoms with Crippen molar-refractivity contribution >= 4 is 6.40 Å². The van der Waals surface area contributed by atoms with Crippen LogP contribution in [0.15, 0.2) is 5.10 Å². The van der Waals surface area contributed by atoms with Gasteiger partial charge in [-0.1, -0.05) is 0 Å². The standard InChI is InChI=1S/C7H14N2O2/c8-9-5-11-7-3-1-6(10)2-4-7/h5-7,10H,1-4,8H2/b9-5+. The van der Waals surface area contributed by atoms with Crippen molar-refractivity contribution < 1.29 is 9.84 Å². The van der Waals surface area contributed by atoms with Crippen LogP contribution in [-0.2, 0) is 4.74 Å². The summed E-state index contributed by atoms with van der Waals surface area (Å²) in [5.41, 5.74) is 0. The Morgan fingerprint density at radius 1 is 1.36 bits per heavy atom. The highest BCUT2D eigenvalue weighted by Crippen LogP contribution is 2.20. The first-order chi connectivity index (χ1) is 5.33. The lowest BCUT2D eigenvalue weighted by molar-refractivity contribution is 0.0643. The molecule has 0 spiro atoms. The third-order valence-corrected chi connectivity index (χ3v) is 1.96. The molecule has 0 saturated heterocycles. The molecule has 3 N–H and O–H groups in total. The second-order valence-corrected chi connectivity index (χ2v) is 2.82. The average molecular weight is 158 g/mol. The minimum Gasteiger partial charge on any atom is -0.479 e. The molecule has 0 amide bonds. The zero-order valence-corrected chi connectivity index (χ0v) is 6.44. The van der Waals surface area contributed by atoms with Crippen molar-refractivity contribution in [2.24, 2.45) is 10.9 Å². The summed E-state index contributed by atoms with van der Waals surface area (Å²) in [5.74, 6) is 4.87. The number of hydrazone groups is 1. The number of hydrogen-bond acceptors (Lipinski definition) is 4. The SMILES string of the molecule is N/N=C/OC1CCC(O)CC1. The van der Waals surface area contributed by atoms with Gasteiger partial charge in [0.25, 0.3) is 0 Å². The molecule has 0 atom stereocenters. The first kappa shape index (κ1) is 8.33. The Labute approximate surface area is 66.0 Å². The van der Waals surface area contributed by atoms with Crippen LogP contribution in [0.1, 0.15) is 25.7 Å². The Hall–Kier alpha value is -0.770. The molecule has 1 fully saturated rings. The molecule has 0 bridgehead atoms. The van der Waals surface area contributed by atoms with E-state index in [4.69, 9.17) is 15.7 Å². The van der Waals surface area contributed by atoms with Gasteiger partial charge in [0, 0.05) is 0 Å². The molecule has 64 valence electrons. The van der Waals surface area contributed by atoms with Crippen LogP contribution >= 0.6 is 0 Å². The molecule has 11 heavy (non-hydrogen) atoms. The number of aliphatic hydroxyl groups is 1. The summed E-state index contributed by atoms with van der Waals surface area (Å²) in [4.78, 5) is 0. The van der Waals surface area contributed by atoms with Crippen molar-refractivity contribution in [3.63, 3.8) is 0 Å². The molecule has 1 aliphatic rings. The summed E-state index contributed by atoms with van der Waals surface area (Å²) in [6, 6.07) is 0. The molecular formula is C7H14N2O2. The second-order valence-electron chi connectivity index (χ2n) is 2.82. The molecular weight excluding hydrogens is 144 g/mol. The van der Waals surface area contributed by atoms with Crippen molar-refractivity contribution in [1.82, 2.24) is 0 Å². The molecule has 0 aromatic rings. The lowest BCUT2D eigenvalue weighted by Gasteiger charge is -2.23. The molecule has 0 unspecified atom stereocenters. The van der Waals surface area contributed by atoms with Crippen LogP contribution in [0.5, 0.6) is 0 Å². The van der Waals surface area contributed by atoms with E-state index >= 15 is 0 Å². The Balaban J connectivity index is 2.17. The van der Waals surface area contributed by atoms with Gasteiger partial charge in [-0.3, -0.25) is 0 Å². The predicted molar refractivity (Wildman–Crippen MR) is 42.0 cm³/mol. The van der Waals surface area contributed by atoms with Crippen LogP contribution in [0.2, 0.25) is 0 Å². The number of rotatable bonds is 2. The average Bonchev–Trinajstić information content (AvgIpc) is 2.04. The minimum atomic E-state index is -0.135. The maximum Gasteiger partial charge on any atom is 0.192 e. The van der Waals surface area contributed by atoms with Crippen molar-refractivity contribution in [2.45, 2.75) is 37.9 Å². The van der Waals surface area contributed by atoms with Crippen molar-refractivity contribution in [1.29, 1.82) is 0 Å². The van der Waals surface area contributed by atoms with E-state index in [1.54, 1.807) is 0 Å². The molecule has 0 heterocycles. The van der Waals surface area contributed by atoms with Crippen LogP contribution in [0, 0.1) is 0 Å². The molecule has 0 radical (unpaired) electrons. The van der Waals surface area contributed by atoms with E-state index in [-0.39, 0.29) is 12.2 Å². The first-order valence-electron chi connectivity index (χ1n) is 3.88. The summed E-state index contributed by atoms with van der Waals surface area (Å²) in [6.07, 6.45) is 4.77. The molecule has 0 aliphatic heterocycles. The summed E-state index contributed by atoms with van der Waals surface area (Å²) >= 11 is 0. The van der Waals surface area contributed by atoms with Crippen molar-refractivity contribution in [2.75, 3.05) is 0 Å². The van der Waals surface area contributed by atoms with E-state index in [9.17, 15) is 0 Å². The smallest absolute Gasteiger partial charge is 0.192 e. The van der Waals surface area contributed by atoms with Gasteiger partial charge in [-0.25, -0.2) is 0 Å². The fourth-order valence-electron chi connectivity index (χ4n) is 1.30. The van der Waals surface area contributed by atoms with Gasteiger partial charge in [0.15, 0.2) is 6.40 Å². The van der Waals surface area contributed by atoms with Gasteiger partial charge >= 0.3 is 0 Å². The van der Waals surface area contributed by atoms with Crippen molar-refractivity contribution in [3.8, 4) is 0 Å². The highest BCUT2D eigenvalue weighted by atomic mass is 16.5. The van der Waals surface area contributed by atoms with Crippen LogP contribution in [0.3, 0.4) is 0 Å². The van der Waals surface area contributed by atoms with E-state index in [0.717, 1.165) is 25.7 Å². The van der Waals surface area contributed by atoms with Crippen LogP contribution < -0.4 is 5.84 Å². The van der Waals surface area contributed by atoms with Gasteiger partial charge in [-0.2, -0.15) is 5.10 Å². The fourth-order valence-corrected chi connectivity index (χ4v) is 1.30. The van der Waals surface area contributed by atoms with Crippen LogP contribution in [0.4, 0.5) is 0 Å². The molecule has 0 aromatic carbocycles. The van der Waals surface area contributed by atoms with E-state index in [1.165, 1.54) is 6.40 Å². The normalized spacial score (nSPS) is 32.5. The molecule has 0 aromatic heterocycles. The summed E-state index contributed by atoms with van der Waals surface area (Å²) in [7, 11) is 0. The number of ether oxygens (including phenoxy) is 1. The number of nitrogens with zero attached hydrogens (tertiary/aromatic N) is 1. The Morgan fingerprint density at radius 2 is 2.00 bits per heavy atom. The zero-order valence-electron chi connectivity index (χ0n) is 6.44. The maximum absolute atomic E-state index is 9.14. The Bertz CT molecular complexity index is 130. The summed E-state index contributed by atoms with van der Waals surface area (Å²) in [5, 5.41) is 12.4. The van der Waals surface area contributed by atoms with Gasteiger partial charge in [0.05, 0.1) is 6.10 Å². The Morgan fingerprint density at radius 3 is 2.55 bits per heavy atom. The summed E-state index contributed by atoms with van der Waals surface area (Å²) < 4.78 is 5.15. The lowest BCUT2D eigenvalue weighted by atomic mass is 9.95. The largest absolute Gasteiger partial charge is 0.479 e. The number of aliphatic hydroxyl groups excluding tert-OH is 1. The second kappa shape index (κ2) is 4.18. The monoisotopic (exact) mass is 158 g/mol. The highest BCUT2D eigenvalue weighted by molar-refractivity contribution is 5.45. The number of hydrogen-bond donors (Lipinski definition) is 2. The van der Waals surface area contributed by atoms with Gasteiger partial charge in [0.1, 0.15) is 6.10 Å². The van der Waals surface area contributed by atoms with E-state index < -0.39 is 0 Å². The highest BCUT2D eigenvalue weighted by Gasteiger charge is 2.19. The van der Waals surface area contributed by atoms with Crippen LogP contribution in [0.25, 0.3) is 0 Å². The topological polar surface area (TPSA) is 67.8 Å². The van der Waals surface area contributed by atoms with Gasteiger partial charge in [-0.05, 0) is 25.7 Å². The van der Waals surface area contributed by atoms with E-state index in [0.29, 0.717) is 0 Å². The predicted octanol–water partition coefficient (Wildman–Crippen LogP) is 0.208. The molecule has 1 rings (SSSR count). The molecule has 1 saturated carbocycles. The maximum atomic E-state index is 9.14. The van der Waals surface area contributed by atoms with Gasteiger partial charge < -0.3 is 15.7 Å². The minimum absolute atomic E-state index is 0.135. The third kappa shape index (κ3) is 2.76. The van der Waals surface area contributed by atoms with E-state index in [1.807, 2.05) is 0 Å². The molecule has 1 aliphatic carbocycles. The quantitative estimate of drug-likeness (QED) is 0.261. The zero-order chi connectivity index (χ0) is 8.10.